The molecule has 0 aliphatic carbocycles. The van der Waals surface area contributed by atoms with Gasteiger partial charge in [-0.1, -0.05) is 24.3 Å². The minimum absolute atomic E-state index is 0.0989. The molecular formula is C19H15NO8. The molecule has 2 rings (SSSR count). The maximum absolute atomic E-state index is 12.2. The van der Waals surface area contributed by atoms with Crippen LogP contribution in [-0.2, 0) is 19.1 Å². The smallest absolute Gasteiger partial charge is 0.374 e. The first-order chi connectivity index (χ1) is 13.3. The van der Waals surface area contributed by atoms with E-state index < -0.39 is 40.5 Å². The van der Waals surface area contributed by atoms with E-state index in [1.54, 1.807) is 12.1 Å². The number of Topliss-reactive ketones (excluding diaryl/α,β-unsaturated/α-hetero) is 2. The summed E-state index contributed by atoms with van der Waals surface area (Å²) >= 11 is 0. The molecule has 9 nitrogen and oxygen atoms in total. The third-order valence-corrected chi connectivity index (χ3v) is 3.87. The van der Waals surface area contributed by atoms with Crippen molar-refractivity contribution in [1.29, 1.82) is 0 Å². The number of hydrogen-bond acceptors (Lipinski definition) is 8. The van der Waals surface area contributed by atoms with Crippen LogP contribution < -0.4 is 0 Å². The average molecular weight is 385 g/mol. The van der Waals surface area contributed by atoms with Crippen LogP contribution in [0.2, 0.25) is 0 Å². The van der Waals surface area contributed by atoms with Gasteiger partial charge in [-0.15, -0.1) is 0 Å². The molecule has 0 N–H and O–H groups in total. The van der Waals surface area contributed by atoms with Crippen molar-refractivity contribution in [3.8, 4) is 11.1 Å². The standard InChI is InChI=1S/C19H15NO8/c1-27-18(23)14-6-4-3-5-12(14)13-8-7-11(9-15(13)20(25)26)16(21)10-17(22)19(24)28-2/h3-9H,10H2,1-2H3. The van der Waals surface area contributed by atoms with E-state index in [9.17, 15) is 29.3 Å². The summed E-state index contributed by atoms with van der Waals surface area (Å²) in [6.45, 7) is 0. The molecule has 0 bridgehead atoms. The second kappa shape index (κ2) is 8.67. The van der Waals surface area contributed by atoms with E-state index in [-0.39, 0.29) is 22.3 Å². The van der Waals surface area contributed by atoms with Gasteiger partial charge in [-0.25, -0.2) is 9.59 Å². The zero-order valence-electron chi connectivity index (χ0n) is 15.0. The number of rotatable bonds is 7. The molecule has 9 heteroatoms. The lowest BCUT2D eigenvalue weighted by Crippen LogP contribution is -2.19. The zero-order valence-corrected chi connectivity index (χ0v) is 15.0. The molecule has 0 aliphatic rings. The fourth-order valence-corrected chi connectivity index (χ4v) is 2.52. The molecule has 0 spiro atoms. The summed E-state index contributed by atoms with van der Waals surface area (Å²) < 4.78 is 8.93. The van der Waals surface area contributed by atoms with Crippen molar-refractivity contribution >= 4 is 29.2 Å². The van der Waals surface area contributed by atoms with E-state index >= 15 is 0 Å². The number of ether oxygens (including phenoxy) is 2. The van der Waals surface area contributed by atoms with E-state index in [1.807, 2.05) is 0 Å². The Morgan fingerprint density at radius 2 is 1.64 bits per heavy atom. The van der Waals surface area contributed by atoms with Crippen LogP contribution in [0.5, 0.6) is 0 Å². The molecule has 2 aromatic carbocycles. The normalized spacial score (nSPS) is 10.1. The van der Waals surface area contributed by atoms with E-state index in [4.69, 9.17) is 4.74 Å². The first-order valence-corrected chi connectivity index (χ1v) is 7.90. The summed E-state index contributed by atoms with van der Waals surface area (Å²) in [5.41, 5.74) is -0.0865. The molecule has 0 atom stereocenters. The number of hydrogen-bond donors (Lipinski definition) is 0. The molecule has 144 valence electrons. The van der Waals surface area contributed by atoms with Crippen molar-refractivity contribution in [2.24, 2.45) is 0 Å². The third kappa shape index (κ3) is 4.26. The fraction of sp³-hybridized carbons (Fsp3) is 0.158. The van der Waals surface area contributed by atoms with Gasteiger partial charge in [0.2, 0.25) is 5.78 Å². The minimum atomic E-state index is -1.17. The molecule has 0 heterocycles. The summed E-state index contributed by atoms with van der Waals surface area (Å²) in [6, 6.07) is 9.72. The van der Waals surface area contributed by atoms with Crippen molar-refractivity contribution in [2.75, 3.05) is 14.2 Å². The highest BCUT2D eigenvalue weighted by Gasteiger charge is 2.25. The van der Waals surface area contributed by atoms with Gasteiger partial charge in [0.1, 0.15) is 0 Å². The lowest BCUT2D eigenvalue weighted by Gasteiger charge is -2.09. The topological polar surface area (TPSA) is 130 Å². The minimum Gasteiger partial charge on any atom is -0.465 e. The highest BCUT2D eigenvalue weighted by molar-refractivity contribution is 6.38. The summed E-state index contributed by atoms with van der Waals surface area (Å²) in [5.74, 6) is -3.68. The molecule has 0 aliphatic heterocycles. The van der Waals surface area contributed by atoms with Crippen molar-refractivity contribution < 1.29 is 33.6 Å². The highest BCUT2D eigenvalue weighted by atomic mass is 16.6. The van der Waals surface area contributed by atoms with Crippen molar-refractivity contribution in [3.05, 3.63) is 63.7 Å². The Kier molecular flexibility index (Phi) is 6.33. The summed E-state index contributed by atoms with van der Waals surface area (Å²) in [6.07, 6.45) is -0.776. The van der Waals surface area contributed by atoms with Gasteiger partial charge < -0.3 is 9.47 Å². The van der Waals surface area contributed by atoms with Crippen LogP contribution in [0.1, 0.15) is 27.1 Å². The van der Waals surface area contributed by atoms with Crippen LogP contribution in [0, 0.1) is 10.1 Å². The first-order valence-electron chi connectivity index (χ1n) is 7.90. The van der Waals surface area contributed by atoms with Gasteiger partial charge in [0.15, 0.2) is 5.78 Å². The summed E-state index contributed by atoms with van der Waals surface area (Å²) in [4.78, 5) is 57.7. The zero-order chi connectivity index (χ0) is 20.8. The van der Waals surface area contributed by atoms with Crippen LogP contribution in [-0.4, -0.2) is 42.6 Å². The van der Waals surface area contributed by atoms with Gasteiger partial charge in [-0.2, -0.15) is 0 Å². The monoisotopic (exact) mass is 385 g/mol. The van der Waals surface area contributed by atoms with Crippen LogP contribution in [0.25, 0.3) is 11.1 Å². The van der Waals surface area contributed by atoms with Gasteiger partial charge in [-0.3, -0.25) is 19.7 Å². The van der Waals surface area contributed by atoms with Gasteiger partial charge >= 0.3 is 11.9 Å². The maximum atomic E-state index is 12.2. The summed E-state index contributed by atoms with van der Waals surface area (Å²) in [5, 5.41) is 11.5. The number of nitro benzene ring substituents is 1. The predicted octanol–water partition coefficient (Wildman–Crippen LogP) is 2.36. The van der Waals surface area contributed by atoms with Crippen LogP contribution >= 0.6 is 0 Å². The average Bonchev–Trinajstić information content (AvgIpc) is 2.71. The Bertz CT molecular complexity index is 980. The highest BCUT2D eigenvalue weighted by Crippen LogP contribution is 2.33. The number of nitro groups is 1. The van der Waals surface area contributed by atoms with Gasteiger partial charge in [0, 0.05) is 17.2 Å². The number of benzene rings is 2. The number of methoxy groups -OCH3 is 2. The van der Waals surface area contributed by atoms with Gasteiger partial charge in [-0.05, 0) is 12.1 Å². The van der Waals surface area contributed by atoms with E-state index in [2.05, 4.69) is 4.74 Å². The number of esters is 2. The van der Waals surface area contributed by atoms with E-state index in [0.29, 0.717) is 0 Å². The van der Waals surface area contributed by atoms with Crippen LogP contribution in [0.15, 0.2) is 42.5 Å². The Labute approximate surface area is 159 Å². The Balaban J connectivity index is 2.49. The van der Waals surface area contributed by atoms with E-state index in [0.717, 1.165) is 13.2 Å². The maximum Gasteiger partial charge on any atom is 0.374 e. The second-order valence-electron chi connectivity index (χ2n) is 5.54. The Morgan fingerprint density at radius 1 is 0.964 bits per heavy atom. The van der Waals surface area contributed by atoms with E-state index in [1.165, 1.54) is 31.4 Å². The third-order valence-electron chi connectivity index (χ3n) is 3.87. The lowest BCUT2D eigenvalue weighted by atomic mass is 9.95. The molecule has 28 heavy (non-hydrogen) atoms. The number of carbonyl (C=O) groups is 4. The molecule has 0 aromatic heterocycles. The van der Waals surface area contributed by atoms with Crippen molar-refractivity contribution in [2.45, 2.75) is 6.42 Å². The number of carbonyl (C=O) groups excluding carboxylic acids is 4. The van der Waals surface area contributed by atoms with Gasteiger partial charge in [0.25, 0.3) is 5.69 Å². The second-order valence-corrected chi connectivity index (χ2v) is 5.54. The fourth-order valence-electron chi connectivity index (χ4n) is 2.52. The molecule has 0 saturated heterocycles. The quantitative estimate of drug-likeness (QED) is 0.177. The summed E-state index contributed by atoms with van der Waals surface area (Å²) in [7, 11) is 2.19. The number of nitrogens with zero attached hydrogens (tertiary/aromatic N) is 1. The Morgan fingerprint density at radius 3 is 2.25 bits per heavy atom. The van der Waals surface area contributed by atoms with Gasteiger partial charge in [0.05, 0.1) is 36.7 Å². The molecule has 0 amide bonds. The lowest BCUT2D eigenvalue weighted by molar-refractivity contribution is -0.384. The molecule has 0 fully saturated rings. The number of ketones is 2. The van der Waals surface area contributed by atoms with Crippen molar-refractivity contribution in [3.63, 3.8) is 0 Å². The molecule has 0 unspecified atom stereocenters. The largest absolute Gasteiger partial charge is 0.465 e. The Hall–Kier alpha value is -3.88. The molecule has 0 radical (unpaired) electrons. The van der Waals surface area contributed by atoms with Crippen LogP contribution in [0.4, 0.5) is 5.69 Å². The molecule has 2 aromatic rings. The predicted molar refractivity (Wildman–Crippen MR) is 95.8 cm³/mol. The van der Waals surface area contributed by atoms with Crippen LogP contribution in [0.3, 0.4) is 0 Å². The molecular weight excluding hydrogens is 370 g/mol. The van der Waals surface area contributed by atoms with Crippen molar-refractivity contribution in [1.82, 2.24) is 0 Å². The first kappa shape index (κ1) is 20.4. The SMILES string of the molecule is COC(=O)C(=O)CC(=O)c1ccc(-c2ccccc2C(=O)OC)c([N+](=O)[O-])c1. The molecule has 0 saturated carbocycles.